The van der Waals surface area contributed by atoms with Gasteiger partial charge in [0.15, 0.2) is 0 Å². The summed E-state index contributed by atoms with van der Waals surface area (Å²) < 4.78 is 0. The summed E-state index contributed by atoms with van der Waals surface area (Å²) in [4.78, 5) is 0. The summed E-state index contributed by atoms with van der Waals surface area (Å²) in [6, 6.07) is 6.99. The van der Waals surface area contributed by atoms with Crippen LogP contribution in [0.3, 0.4) is 0 Å². The standard InChI is InChI=1S/C16H21N/c17-16(10-11-16)15(8-9-15)14-7-3-5-12-4-1-2-6-13(12)14/h3,5,7H,1-2,4,6,8-11,17H2. The predicted molar refractivity (Wildman–Crippen MR) is 70.1 cm³/mol. The zero-order valence-corrected chi connectivity index (χ0v) is 10.5. The van der Waals surface area contributed by atoms with Crippen molar-refractivity contribution in [3.05, 3.63) is 34.9 Å². The van der Waals surface area contributed by atoms with E-state index < -0.39 is 0 Å². The average Bonchev–Trinajstić information content (AvgIpc) is 3.24. The number of aryl methyl sites for hydroxylation is 1. The Morgan fingerprint density at radius 2 is 1.71 bits per heavy atom. The average molecular weight is 227 g/mol. The van der Waals surface area contributed by atoms with Crippen molar-refractivity contribution in [1.82, 2.24) is 0 Å². The van der Waals surface area contributed by atoms with E-state index in [0.717, 1.165) is 0 Å². The first-order valence-electron chi connectivity index (χ1n) is 7.15. The Labute approximate surface area is 103 Å². The fraction of sp³-hybridized carbons (Fsp3) is 0.625. The summed E-state index contributed by atoms with van der Waals surface area (Å²) in [7, 11) is 0. The van der Waals surface area contributed by atoms with Crippen molar-refractivity contribution >= 4 is 0 Å². The molecule has 3 aliphatic rings. The fourth-order valence-electron chi connectivity index (χ4n) is 4.00. The van der Waals surface area contributed by atoms with E-state index in [1.54, 1.807) is 16.7 Å². The van der Waals surface area contributed by atoms with Gasteiger partial charge in [-0.1, -0.05) is 18.2 Å². The summed E-state index contributed by atoms with van der Waals surface area (Å²) in [5, 5.41) is 0. The number of hydrogen-bond donors (Lipinski definition) is 1. The number of rotatable bonds is 2. The van der Waals surface area contributed by atoms with E-state index in [4.69, 9.17) is 5.73 Å². The highest BCUT2D eigenvalue weighted by molar-refractivity contribution is 5.49. The van der Waals surface area contributed by atoms with Crippen molar-refractivity contribution in [2.75, 3.05) is 0 Å². The van der Waals surface area contributed by atoms with Crippen LogP contribution in [0.15, 0.2) is 18.2 Å². The molecule has 4 rings (SSSR count). The van der Waals surface area contributed by atoms with Gasteiger partial charge in [-0.2, -0.15) is 0 Å². The lowest BCUT2D eigenvalue weighted by molar-refractivity contribution is 0.495. The lowest BCUT2D eigenvalue weighted by atomic mass is 9.78. The molecule has 1 aromatic rings. The number of nitrogens with two attached hydrogens (primary N) is 1. The Kier molecular flexibility index (Phi) is 1.87. The number of hydrogen-bond acceptors (Lipinski definition) is 1. The van der Waals surface area contributed by atoms with E-state index in [1.807, 2.05) is 0 Å². The first-order valence-corrected chi connectivity index (χ1v) is 7.15. The summed E-state index contributed by atoms with van der Waals surface area (Å²) in [5.74, 6) is 0. The van der Waals surface area contributed by atoms with Crippen molar-refractivity contribution in [2.24, 2.45) is 5.73 Å². The maximum atomic E-state index is 6.55. The molecular formula is C16H21N. The van der Waals surface area contributed by atoms with Crippen LogP contribution in [-0.4, -0.2) is 5.54 Å². The number of fused-ring (bicyclic) bond motifs is 1. The van der Waals surface area contributed by atoms with Gasteiger partial charge in [0.1, 0.15) is 0 Å². The Balaban J connectivity index is 1.84. The normalized spacial score (nSPS) is 27.4. The van der Waals surface area contributed by atoms with Gasteiger partial charge >= 0.3 is 0 Å². The quantitative estimate of drug-likeness (QED) is 0.825. The zero-order chi connectivity index (χ0) is 11.5. The Hall–Kier alpha value is -0.820. The minimum absolute atomic E-state index is 0.166. The molecule has 0 unspecified atom stereocenters. The van der Waals surface area contributed by atoms with E-state index in [0.29, 0.717) is 5.41 Å². The monoisotopic (exact) mass is 227 g/mol. The van der Waals surface area contributed by atoms with E-state index >= 15 is 0 Å². The van der Waals surface area contributed by atoms with Crippen molar-refractivity contribution in [3.63, 3.8) is 0 Å². The third kappa shape index (κ3) is 1.29. The molecule has 1 heteroatoms. The van der Waals surface area contributed by atoms with Crippen LogP contribution in [0.1, 0.15) is 55.2 Å². The Bertz CT molecular complexity index is 466. The van der Waals surface area contributed by atoms with E-state index in [1.165, 1.54) is 51.4 Å². The van der Waals surface area contributed by atoms with Gasteiger partial charge in [-0.15, -0.1) is 0 Å². The van der Waals surface area contributed by atoms with Crippen LogP contribution in [0, 0.1) is 0 Å². The third-order valence-corrected chi connectivity index (χ3v) is 5.40. The van der Waals surface area contributed by atoms with Crippen molar-refractivity contribution in [1.29, 1.82) is 0 Å². The summed E-state index contributed by atoms with van der Waals surface area (Å²) in [5.41, 5.74) is 12.0. The molecule has 0 aromatic heterocycles. The summed E-state index contributed by atoms with van der Waals surface area (Å²) >= 11 is 0. The minimum Gasteiger partial charge on any atom is -0.324 e. The molecule has 2 saturated carbocycles. The van der Waals surface area contributed by atoms with E-state index in [9.17, 15) is 0 Å². The van der Waals surface area contributed by atoms with Crippen LogP contribution in [-0.2, 0) is 18.3 Å². The highest BCUT2D eigenvalue weighted by Gasteiger charge is 2.64. The van der Waals surface area contributed by atoms with Gasteiger partial charge in [-0.25, -0.2) is 0 Å². The second-order valence-corrected chi connectivity index (χ2v) is 6.39. The third-order valence-electron chi connectivity index (χ3n) is 5.40. The maximum absolute atomic E-state index is 6.55. The van der Waals surface area contributed by atoms with Crippen LogP contribution >= 0.6 is 0 Å². The summed E-state index contributed by atoms with van der Waals surface area (Å²) in [6.07, 6.45) is 10.5. The molecule has 90 valence electrons. The Morgan fingerprint density at radius 1 is 0.941 bits per heavy atom. The fourth-order valence-corrected chi connectivity index (χ4v) is 4.00. The molecule has 0 saturated heterocycles. The van der Waals surface area contributed by atoms with Gasteiger partial charge in [0.2, 0.25) is 0 Å². The van der Waals surface area contributed by atoms with Crippen LogP contribution in [0.4, 0.5) is 0 Å². The summed E-state index contributed by atoms with van der Waals surface area (Å²) in [6.45, 7) is 0. The minimum atomic E-state index is 0.166. The van der Waals surface area contributed by atoms with Gasteiger partial charge < -0.3 is 5.73 Å². The molecule has 0 aliphatic heterocycles. The molecule has 0 radical (unpaired) electrons. The van der Waals surface area contributed by atoms with E-state index in [2.05, 4.69) is 18.2 Å². The molecule has 2 fully saturated rings. The highest BCUT2D eigenvalue weighted by atomic mass is 14.9. The molecule has 17 heavy (non-hydrogen) atoms. The first-order chi connectivity index (χ1) is 8.25. The maximum Gasteiger partial charge on any atom is 0.0253 e. The van der Waals surface area contributed by atoms with Crippen LogP contribution in [0.25, 0.3) is 0 Å². The second kappa shape index (κ2) is 3.14. The van der Waals surface area contributed by atoms with Gasteiger partial charge in [0.05, 0.1) is 0 Å². The molecular weight excluding hydrogens is 206 g/mol. The van der Waals surface area contributed by atoms with Gasteiger partial charge in [-0.3, -0.25) is 0 Å². The Morgan fingerprint density at radius 3 is 2.41 bits per heavy atom. The molecule has 1 aromatic carbocycles. The molecule has 0 bridgehead atoms. The molecule has 0 atom stereocenters. The molecule has 0 spiro atoms. The largest absolute Gasteiger partial charge is 0.324 e. The first kappa shape index (κ1) is 10.1. The zero-order valence-electron chi connectivity index (χ0n) is 10.5. The van der Waals surface area contributed by atoms with Crippen molar-refractivity contribution < 1.29 is 0 Å². The van der Waals surface area contributed by atoms with Crippen molar-refractivity contribution in [3.8, 4) is 0 Å². The number of benzene rings is 1. The van der Waals surface area contributed by atoms with Crippen LogP contribution in [0.2, 0.25) is 0 Å². The van der Waals surface area contributed by atoms with Crippen molar-refractivity contribution in [2.45, 2.75) is 62.3 Å². The van der Waals surface area contributed by atoms with Crippen LogP contribution in [0.5, 0.6) is 0 Å². The van der Waals surface area contributed by atoms with Crippen LogP contribution < -0.4 is 5.73 Å². The smallest absolute Gasteiger partial charge is 0.0253 e. The predicted octanol–water partition coefficient (Wildman–Crippen LogP) is 3.09. The molecule has 3 aliphatic carbocycles. The molecule has 0 heterocycles. The van der Waals surface area contributed by atoms with Gasteiger partial charge in [0, 0.05) is 11.0 Å². The lowest BCUT2D eigenvalue weighted by Crippen LogP contribution is -2.38. The topological polar surface area (TPSA) is 26.0 Å². The highest BCUT2D eigenvalue weighted by Crippen LogP contribution is 2.64. The molecule has 1 nitrogen and oxygen atoms in total. The lowest BCUT2D eigenvalue weighted by Gasteiger charge is -2.29. The molecule has 2 N–H and O–H groups in total. The van der Waals surface area contributed by atoms with Gasteiger partial charge in [-0.05, 0) is 68.1 Å². The second-order valence-electron chi connectivity index (χ2n) is 6.39. The molecule has 0 amide bonds. The SMILES string of the molecule is NC1(C2(c3cccc4c3CCCC4)CC2)CC1. The van der Waals surface area contributed by atoms with Gasteiger partial charge in [0.25, 0.3) is 0 Å². The van der Waals surface area contributed by atoms with E-state index in [-0.39, 0.29) is 5.54 Å².